The molecule has 2 aliphatic carbocycles. The van der Waals surface area contributed by atoms with Gasteiger partial charge in [-0.05, 0) is 64.7 Å². The van der Waals surface area contributed by atoms with E-state index < -0.39 is 6.04 Å². The molecule has 1 N–H and O–H groups in total. The molecule has 1 amide bonds. The van der Waals surface area contributed by atoms with Gasteiger partial charge in [0, 0.05) is 12.6 Å². The van der Waals surface area contributed by atoms with Crippen LogP contribution in [0.25, 0.3) is 0 Å². The van der Waals surface area contributed by atoms with Crippen molar-refractivity contribution in [2.45, 2.75) is 83.3 Å². The third-order valence-electron chi connectivity index (χ3n) is 6.23. The zero-order valence-electron chi connectivity index (χ0n) is 16.8. The van der Waals surface area contributed by atoms with Crippen molar-refractivity contribution in [3.63, 3.8) is 0 Å². The van der Waals surface area contributed by atoms with Crippen LogP contribution in [0.3, 0.4) is 0 Å². The highest BCUT2D eigenvalue weighted by Gasteiger charge is 2.41. The van der Waals surface area contributed by atoms with Crippen molar-refractivity contribution in [2.24, 2.45) is 5.92 Å². The molecular weight excluding hydrogens is 340 g/mol. The van der Waals surface area contributed by atoms with Crippen molar-refractivity contribution in [1.29, 1.82) is 0 Å². The van der Waals surface area contributed by atoms with E-state index in [9.17, 15) is 9.59 Å². The minimum Gasteiger partial charge on any atom is -0.465 e. The lowest BCUT2D eigenvalue weighted by molar-refractivity contribution is -0.146. The SMILES string of the molecule is CCOC(=O)C(CCC1=CCCC=C1)NC(C)C(=O)N1CCC2CCCC21. The van der Waals surface area contributed by atoms with Crippen LogP contribution in [0.5, 0.6) is 0 Å². The van der Waals surface area contributed by atoms with Gasteiger partial charge in [-0.1, -0.05) is 30.2 Å². The number of likely N-dealkylation sites (tertiary alicyclic amines) is 1. The van der Waals surface area contributed by atoms with Gasteiger partial charge in [0.05, 0.1) is 12.6 Å². The lowest BCUT2D eigenvalue weighted by Gasteiger charge is -2.29. The van der Waals surface area contributed by atoms with Crippen LogP contribution in [-0.2, 0) is 14.3 Å². The van der Waals surface area contributed by atoms with Crippen molar-refractivity contribution in [2.75, 3.05) is 13.2 Å². The van der Waals surface area contributed by atoms with Crippen molar-refractivity contribution >= 4 is 11.9 Å². The van der Waals surface area contributed by atoms with Crippen LogP contribution in [0.1, 0.15) is 65.2 Å². The standard InChI is InChI=1S/C22H34N2O3/c1-3-27-22(26)19(13-12-17-8-5-4-6-9-17)23-16(2)21(25)24-15-14-18-10-7-11-20(18)24/h5,8-9,16,18-20,23H,3-4,6-7,10-15H2,1-2H3. The number of allylic oxidation sites excluding steroid dienone is 4. The minimum absolute atomic E-state index is 0.135. The summed E-state index contributed by atoms with van der Waals surface area (Å²) >= 11 is 0. The van der Waals surface area contributed by atoms with E-state index in [1.165, 1.54) is 18.4 Å². The molecule has 0 aromatic heterocycles. The van der Waals surface area contributed by atoms with E-state index in [1.807, 2.05) is 13.8 Å². The lowest BCUT2D eigenvalue weighted by atomic mass is 9.99. The van der Waals surface area contributed by atoms with Gasteiger partial charge in [-0.15, -0.1) is 0 Å². The molecule has 0 bridgehead atoms. The van der Waals surface area contributed by atoms with Crippen LogP contribution in [-0.4, -0.2) is 48.1 Å². The molecule has 150 valence electrons. The number of fused-ring (bicyclic) bond motifs is 1. The third-order valence-corrected chi connectivity index (χ3v) is 6.23. The Kier molecular flexibility index (Phi) is 7.11. The van der Waals surface area contributed by atoms with Crippen LogP contribution in [0.4, 0.5) is 0 Å². The Morgan fingerprint density at radius 2 is 2.15 bits per heavy atom. The van der Waals surface area contributed by atoms with Crippen LogP contribution in [0, 0.1) is 5.92 Å². The summed E-state index contributed by atoms with van der Waals surface area (Å²) in [6.45, 7) is 4.93. The number of rotatable bonds is 8. The van der Waals surface area contributed by atoms with Gasteiger partial charge in [0.25, 0.3) is 0 Å². The Morgan fingerprint density at radius 3 is 2.89 bits per heavy atom. The first kappa shape index (κ1) is 20.1. The van der Waals surface area contributed by atoms with E-state index >= 15 is 0 Å². The predicted octanol–water partition coefficient (Wildman–Crippen LogP) is 3.35. The van der Waals surface area contributed by atoms with Gasteiger partial charge in [-0.3, -0.25) is 14.9 Å². The minimum atomic E-state index is -0.442. The Bertz CT molecular complexity index is 598. The molecule has 5 nitrogen and oxygen atoms in total. The molecule has 0 aromatic carbocycles. The van der Waals surface area contributed by atoms with Crippen molar-refractivity contribution in [1.82, 2.24) is 10.2 Å². The van der Waals surface area contributed by atoms with E-state index in [2.05, 4.69) is 28.4 Å². The summed E-state index contributed by atoms with van der Waals surface area (Å²) < 4.78 is 5.26. The van der Waals surface area contributed by atoms with E-state index in [0.29, 0.717) is 25.0 Å². The second-order valence-electron chi connectivity index (χ2n) is 8.07. The average Bonchev–Trinajstić information content (AvgIpc) is 3.29. The monoisotopic (exact) mass is 374 g/mol. The zero-order chi connectivity index (χ0) is 19.2. The van der Waals surface area contributed by atoms with Crippen molar-refractivity contribution in [3.05, 3.63) is 23.8 Å². The fourth-order valence-electron chi connectivity index (χ4n) is 4.81. The molecule has 4 atom stereocenters. The molecule has 27 heavy (non-hydrogen) atoms. The fourth-order valence-corrected chi connectivity index (χ4v) is 4.81. The van der Waals surface area contributed by atoms with E-state index in [-0.39, 0.29) is 17.9 Å². The van der Waals surface area contributed by atoms with Crippen LogP contribution < -0.4 is 5.32 Å². The van der Waals surface area contributed by atoms with Gasteiger partial charge in [-0.2, -0.15) is 0 Å². The predicted molar refractivity (Wildman–Crippen MR) is 106 cm³/mol. The number of esters is 1. The molecule has 1 heterocycles. The number of amides is 1. The summed E-state index contributed by atoms with van der Waals surface area (Å²) in [5.41, 5.74) is 1.27. The quantitative estimate of drug-likeness (QED) is 0.662. The Hall–Kier alpha value is -1.62. The van der Waals surface area contributed by atoms with Gasteiger partial charge >= 0.3 is 5.97 Å². The van der Waals surface area contributed by atoms with Crippen molar-refractivity contribution in [3.8, 4) is 0 Å². The van der Waals surface area contributed by atoms with Gasteiger partial charge in [0.15, 0.2) is 0 Å². The zero-order valence-corrected chi connectivity index (χ0v) is 16.8. The maximum absolute atomic E-state index is 13.0. The molecule has 0 radical (unpaired) electrons. The molecule has 3 aliphatic rings. The Morgan fingerprint density at radius 1 is 1.30 bits per heavy atom. The highest BCUT2D eigenvalue weighted by molar-refractivity contribution is 5.83. The first-order valence-electron chi connectivity index (χ1n) is 10.7. The number of carbonyl (C=O) groups is 2. The van der Waals surface area contributed by atoms with Crippen LogP contribution in [0.2, 0.25) is 0 Å². The van der Waals surface area contributed by atoms with Gasteiger partial charge in [-0.25, -0.2) is 0 Å². The Balaban J connectivity index is 1.58. The summed E-state index contributed by atoms with van der Waals surface area (Å²) in [6, 6.07) is -0.392. The topological polar surface area (TPSA) is 58.6 Å². The molecule has 1 saturated heterocycles. The molecule has 0 aromatic rings. The number of ether oxygens (including phenoxy) is 1. The smallest absolute Gasteiger partial charge is 0.323 e. The highest BCUT2D eigenvalue weighted by atomic mass is 16.5. The largest absolute Gasteiger partial charge is 0.465 e. The number of hydrogen-bond acceptors (Lipinski definition) is 4. The molecule has 5 heteroatoms. The van der Waals surface area contributed by atoms with Crippen molar-refractivity contribution < 1.29 is 14.3 Å². The molecule has 1 saturated carbocycles. The molecule has 2 fully saturated rings. The lowest BCUT2D eigenvalue weighted by Crippen LogP contribution is -2.52. The van der Waals surface area contributed by atoms with Crippen LogP contribution in [0.15, 0.2) is 23.8 Å². The first-order valence-corrected chi connectivity index (χ1v) is 10.7. The maximum atomic E-state index is 13.0. The van der Waals surface area contributed by atoms with E-state index in [4.69, 9.17) is 4.74 Å². The second-order valence-corrected chi connectivity index (χ2v) is 8.07. The van der Waals surface area contributed by atoms with Gasteiger partial charge < -0.3 is 9.64 Å². The first-order chi connectivity index (χ1) is 13.1. The summed E-state index contributed by atoms with van der Waals surface area (Å²) in [6.07, 6.45) is 14.9. The van der Waals surface area contributed by atoms with E-state index in [1.54, 1.807) is 0 Å². The fraction of sp³-hybridized carbons (Fsp3) is 0.727. The summed E-state index contributed by atoms with van der Waals surface area (Å²) in [7, 11) is 0. The molecule has 1 aliphatic heterocycles. The number of nitrogens with zero attached hydrogens (tertiary/aromatic N) is 1. The van der Waals surface area contributed by atoms with Gasteiger partial charge in [0.1, 0.15) is 6.04 Å². The molecular formula is C22H34N2O3. The number of nitrogens with one attached hydrogen (secondary N) is 1. The summed E-state index contributed by atoms with van der Waals surface area (Å²) in [5.74, 6) is 0.570. The Labute approximate surface area is 163 Å². The molecule has 0 spiro atoms. The summed E-state index contributed by atoms with van der Waals surface area (Å²) in [4.78, 5) is 27.5. The summed E-state index contributed by atoms with van der Waals surface area (Å²) in [5, 5.41) is 3.28. The van der Waals surface area contributed by atoms with Crippen LogP contribution >= 0.6 is 0 Å². The second kappa shape index (κ2) is 9.54. The number of hydrogen-bond donors (Lipinski definition) is 1. The van der Waals surface area contributed by atoms with E-state index in [0.717, 1.165) is 38.6 Å². The average molecular weight is 375 g/mol. The van der Waals surface area contributed by atoms with Gasteiger partial charge in [0.2, 0.25) is 5.91 Å². The highest BCUT2D eigenvalue weighted by Crippen LogP contribution is 2.37. The third kappa shape index (κ3) is 5.01. The normalized spacial score (nSPS) is 26.4. The molecule has 3 rings (SSSR count). The number of carbonyl (C=O) groups excluding carboxylic acids is 2. The molecule has 4 unspecified atom stereocenters. The maximum Gasteiger partial charge on any atom is 0.323 e.